The highest BCUT2D eigenvalue weighted by atomic mass is 16.5. The van der Waals surface area contributed by atoms with E-state index < -0.39 is 0 Å². The smallest absolute Gasteiger partial charge is 0.120 e. The number of methoxy groups -OCH3 is 2. The molecule has 0 aliphatic rings. The third-order valence-electron chi connectivity index (χ3n) is 2.79. The maximum absolute atomic E-state index is 9.14. The van der Waals surface area contributed by atoms with Gasteiger partial charge in [-0.25, -0.2) is 0 Å². The van der Waals surface area contributed by atoms with E-state index in [0.29, 0.717) is 26.2 Å². The highest BCUT2D eigenvalue weighted by Gasteiger charge is 2.11. The molecule has 0 aliphatic carbocycles. The second-order valence-corrected chi connectivity index (χ2v) is 3.90. The lowest BCUT2D eigenvalue weighted by Crippen LogP contribution is -2.31. The summed E-state index contributed by atoms with van der Waals surface area (Å²) in [5, 5.41) is 9.14. The van der Waals surface area contributed by atoms with Crippen molar-refractivity contribution in [3.8, 4) is 5.75 Å². The molecule has 0 spiro atoms. The first-order chi connectivity index (χ1) is 8.76. The Morgan fingerprint density at radius 2 is 2.06 bits per heavy atom. The van der Waals surface area contributed by atoms with E-state index in [4.69, 9.17) is 20.3 Å². The number of aliphatic hydroxyl groups is 1. The zero-order valence-corrected chi connectivity index (χ0v) is 11.1. The molecule has 5 heteroatoms. The lowest BCUT2D eigenvalue weighted by molar-refractivity contribution is 0.203. The summed E-state index contributed by atoms with van der Waals surface area (Å²) < 4.78 is 10.3. The van der Waals surface area contributed by atoms with Crippen molar-refractivity contribution in [3.63, 3.8) is 0 Å². The van der Waals surface area contributed by atoms with Crippen molar-refractivity contribution in [1.82, 2.24) is 0 Å². The molecule has 0 fully saturated rings. The molecule has 0 unspecified atom stereocenters. The summed E-state index contributed by atoms with van der Waals surface area (Å²) in [6.07, 6.45) is 0. The van der Waals surface area contributed by atoms with E-state index in [9.17, 15) is 0 Å². The maximum atomic E-state index is 9.14. The van der Waals surface area contributed by atoms with Crippen LogP contribution in [0.25, 0.3) is 0 Å². The van der Waals surface area contributed by atoms with Gasteiger partial charge in [0.25, 0.3) is 0 Å². The molecule has 0 radical (unpaired) electrons. The summed E-state index contributed by atoms with van der Waals surface area (Å²) in [7, 11) is 3.29. The molecule has 0 atom stereocenters. The van der Waals surface area contributed by atoms with Gasteiger partial charge in [-0.15, -0.1) is 0 Å². The van der Waals surface area contributed by atoms with Crippen LogP contribution in [0.15, 0.2) is 18.2 Å². The van der Waals surface area contributed by atoms with Gasteiger partial charge in [-0.1, -0.05) is 6.07 Å². The SMILES string of the molecule is COCCN(CCO)c1cc(OC)ccc1CN. The normalized spacial score (nSPS) is 10.4. The Kier molecular flexibility index (Phi) is 6.49. The van der Waals surface area contributed by atoms with Crippen molar-refractivity contribution < 1.29 is 14.6 Å². The molecule has 0 aliphatic heterocycles. The average Bonchev–Trinajstić information content (AvgIpc) is 2.42. The van der Waals surface area contributed by atoms with Gasteiger partial charge in [-0.2, -0.15) is 0 Å². The fraction of sp³-hybridized carbons (Fsp3) is 0.538. The second kappa shape index (κ2) is 7.92. The largest absolute Gasteiger partial charge is 0.497 e. The van der Waals surface area contributed by atoms with Crippen molar-refractivity contribution in [1.29, 1.82) is 0 Å². The lowest BCUT2D eigenvalue weighted by Gasteiger charge is -2.26. The van der Waals surface area contributed by atoms with E-state index in [1.165, 1.54) is 0 Å². The Labute approximate surface area is 108 Å². The van der Waals surface area contributed by atoms with E-state index in [-0.39, 0.29) is 6.61 Å². The topological polar surface area (TPSA) is 68.0 Å². The second-order valence-electron chi connectivity index (χ2n) is 3.90. The quantitative estimate of drug-likeness (QED) is 0.711. The van der Waals surface area contributed by atoms with E-state index in [2.05, 4.69) is 0 Å². The summed E-state index contributed by atoms with van der Waals surface area (Å²) in [6.45, 7) is 2.39. The molecule has 0 aromatic heterocycles. The molecule has 3 N–H and O–H groups in total. The van der Waals surface area contributed by atoms with E-state index in [0.717, 1.165) is 17.0 Å². The number of aliphatic hydroxyl groups excluding tert-OH is 1. The first kappa shape index (κ1) is 14.8. The Morgan fingerprint density at radius 3 is 2.61 bits per heavy atom. The number of nitrogens with two attached hydrogens (primary N) is 1. The van der Waals surface area contributed by atoms with E-state index in [1.807, 2.05) is 23.1 Å². The van der Waals surface area contributed by atoms with Crippen LogP contribution >= 0.6 is 0 Å². The van der Waals surface area contributed by atoms with Gasteiger partial charge in [0.15, 0.2) is 0 Å². The summed E-state index contributed by atoms with van der Waals surface area (Å²) in [6, 6.07) is 5.78. The fourth-order valence-electron chi connectivity index (χ4n) is 1.81. The highest BCUT2D eigenvalue weighted by molar-refractivity contribution is 5.57. The number of hydrogen-bond acceptors (Lipinski definition) is 5. The van der Waals surface area contributed by atoms with E-state index in [1.54, 1.807) is 14.2 Å². The number of benzene rings is 1. The van der Waals surface area contributed by atoms with Crippen LogP contribution in [0.5, 0.6) is 5.75 Å². The van der Waals surface area contributed by atoms with Crippen LogP contribution in [-0.4, -0.2) is 45.6 Å². The van der Waals surface area contributed by atoms with E-state index >= 15 is 0 Å². The maximum Gasteiger partial charge on any atom is 0.120 e. The number of hydrogen-bond donors (Lipinski definition) is 2. The molecule has 0 amide bonds. The van der Waals surface area contributed by atoms with Crippen LogP contribution in [0.1, 0.15) is 5.56 Å². The van der Waals surface area contributed by atoms with Gasteiger partial charge in [-0.05, 0) is 11.6 Å². The molecule has 0 bridgehead atoms. The number of rotatable bonds is 8. The molecule has 0 saturated carbocycles. The van der Waals surface area contributed by atoms with Crippen molar-refractivity contribution in [2.75, 3.05) is 45.4 Å². The van der Waals surface area contributed by atoms with Crippen LogP contribution < -0.4 is 15.4 Å². The Hall–Kier alpha value is -1.30. The minimum atomic E-state index is 0.0882. The molecule has 1 rings (SSSR count). The molecule has 1 aromatic rings. The third-order valence-corrected chi connectivity index (χ3v) is 2.79. The number of ether oxygens (including phenoxy) is 2. The summed E-state index contributed by atoms with van der Waals surface area (Å²) >= 11 is 0. The molecular weight excluding hydrogens is 232 g/mol. The van der Waals surface area contributed by atoms with Crippen LogP contribution in [0, 0.1) is 0 Å². The van der Waals surface area contributed by atoms with Gasteiger partial charge in [0.05, 0.1) is 20.3 Å². The van der Waals surface area contributed by atoms with Crippen LogP contribution in [0.3, 0.4) is 0 Å². The minimum Gasteiger partial charge on any atom is -0.497 e. The first-order valence-corrected chi connectivity index (χ1v) is 5.98. The highest BCUT2D eigenvalue weighted by Crippen LogP contribution is 2.25. The molecule has 0 saturated heterocycles. The Morgan fingerprint density at radius 1 is 1.28 bits per heavy atom. The molecular formula is C13H22N2O3. The monoisotopic (exact) mass is 254 g/mol. The van der Waals surface area contributed by atoms with Gasteiger partial charge < -0.3 is 25.2 Å². The van der Waals surface area contributed by atoms with Crippen molar-refractivity contribution in [3.05, 3.63) is 23.8 Å². The predicted octanol–water partition coefficient (Wildman–Crippen LogP) is 0.599. The molecule has 102 valence electrons. The molecule has 0 heterocycles. The number of anilines is 1. The molecule has 5 nitrogen and oxygen atoms in total. The standard InChI is InChI=1S/C13H22N2O3/c1-17-8-6-15(5-7-16)13-9-12(18-2)4-3-11(13)10-14/h3-4,9,16H,5-8,10,14H2,1-2H3. The third kappa shape index (κ3) is 3.87. The van der Waals surface area contributed by atoms with Crippen LogP contribution in [0.4, 0.5) is 5.69 Å². The summed E-state index contributed by atoms with van der Waals surface area (Å²) in [5.74, 6) is 0.780. The minimum absolute atomic E-state index is 0.0882. The zero-order chi connectivity index (χ0) is 13.4. The molecule has 18 heavy (non-hydrogen) atoms. The van der Waals surface area contributed by atoms with Gasteiger partial charge in [0.1, 0.15) is 5.75 Å². The van der Waals surface area contributed by atoms with Gasteiger partial charge >= 0.3 is 0 Å². The van der Waals surface area contributed by atoms with Crippen molar-refractivity contribution >= 4 is 5.69 Å². The van der Waals surface area contributed by atoms with Gasteiger partial charge in [0.2, 0.25) is 0 Å². The fourth-order valence-corrected chi connectivity index (χ4v) is 1.81. The summed E-state index contributed by atoms with van der Waals surface area (Å²) in [4.78, 5) is 2.05. The van der Waals surface area contributed by atoms with Crippen molar-refractivity contribution in [2.45, 2.75) is 6.54 Å². The van der Waals surface area contributed by atoms with Crippen LogP contribution in [0.2, 0.25) is 0 Å². The molecule has 1 aromatic carbocycles. The van der Waals surface area contributed by atoms with Gasteiger partial charge in [0, 0.05) is 38.5 Å². The Balaban J connectivity index is 2.98. The zero-order valence-electron chi connectivity index (χ0n) is 11.1. The number of nitrogens with zero attached hydrogens (tertiary/aromatic N) is 1. The van der Waals surface area contributed by atoms with Crippen LogP contribution in [-0.2, 0) is 11.3 Å². The van der Waals surface area contributed by atoms with Crippen molar-refractivity contribution in [2.24, 2.45) is 5.73 Å². The first-order valence-electron chi connectivity index (χ1n) is 5.98. The summed E-state index contributed by atoms with van der Waals surface area (Å²) in [5.41, 5.74) is 7.76. The predicted molar refractivity (Wildman–Crippen MR) is 72.1 cm³/mol. The lowest BCUT2D eigenvalue weighted by atomic mass is 10.1. The van der Waals surface area contributed by atoms with Gasteiger partial charge in [-0.3, -0.25) is 0 Å². The average molecular weight is 254 g/mol. The Bertz CT molecular complexity index is 358.